The predicted octanol–water partition coefficient (Wildman–Crippen LogP) is 38.3. The normalized spacial score (nSPS) is 12.5. The van der Waals surface area contributed by atoms with Crippen LogP contribution in [0.15, 0.2) is 546 Å². The van der Waals surface area contributed by atoms with Gasteiger partial charge < -0.3 is 28.4 Å². The van der Waals surface area contributed by atoms with Crippen molar-refractivity contribution in [3.63, 3.8) is 0 Å². The average molecular weight is 1870 g/mol. The van der Waals surface area contributed by atoms with Crippen LogP contribution < -0.4 is 14.7 Å². The van der Waals surface area contributed by atoms with E-state index in [1.54, 1.807) is 0 Å². The third kappa shape index (κ3) is 15.4. The fourth-order valence-corrected chi connectivity index (χ4v) is 23.2. The Kier molecular flexibility index (Phi) is 21.9. The molecule has 0 fully saturated rings. The maximum atomic E-state index is 2.43. The largest absolute Gasteiger partial charge is 0.310 e. The van der Waals surface area contributed by atoms with Crippen molar-refractivity contribution in [3.05, 3.63) is 568 Å². The monoisotopic (exact) mass is 1870 g/mol. The van der Waals surface area contributed by atoms with E-state index in [4.69, 9.17) is 0 Å². The molecule has 0 atom stereocenters. The minimum Gasteiger partial charge on any atom is -0.310 e. The maximum absolute atomic E-state index is 2.43. The lowest BCUT2D eigenvalue weighted by Crippen LogP contribution is -2.16. The van der Waals surface area contributed by atoms with Crippen molar-refractivity contribution in [2.45, 2.75) is 38.5 Å². The van der Waals surface area contributed by atoms with Gasteiger partial charge in [0.05, 0.1) is 33.1 Å². The molecule has 146 heavy (non-hydrogen) atoms. The summed E-state index contributed by atoms with van der Waals surface area (Å²) in [7, 11) is 0. The molecular formula is C140H102N6. The summed E-state index contributed by atoms with van der Waals surface area (Å²) in [6.07, 6.45) is 0. The van der Waals surface area contributed by atoms with Gasteiger partial charge in [-0.15, -0.1) is 0 Å². The molecule has 3 heterocycles. The van der Waals surface area contributed by atoms with Crippen molar-refractivity contribution in [3.8, 4) is 83.8 Å². The van der Waals surface area contributed by atoms with Crippen LogP contribution in [0.1, 0.15) is 49.9 Å². The fraction of sp³-hybridized carbons (Fsp3) is 0.0429. The molecule has 692 valence electrons. The highest BCUT2D eigenvalue weighted by Gasteiger charge is 2.38. The number of para-hydroxylation sites is 4. The molecule has 6 heteroatoms. The van der Waals surface area contributed by atoms with Crippen molar-refractivity contribution >= 4 is 138 Å². The third-order valence-corrected chi connectivity index (χ3v) is 30.3. The zero-order chi connectivity index (χ0) is 97.5. The minimum atomic E-state index is -0.100. The SMILES string of the molecule is CC1(C)c2ccccc2-c2ccc(N(c3ccc(-c4ccccc4)cc3)c3ccc4c(c3)c3c5ccccc5ccc3n4-c3ccccc3)cc21.CC1(C)c2ccccc2-c2ccc(N(c3ccc(-c4ccccc4)cc3)c3ccc4c(c3)c3ccccc3n4-c3ccccc3)cc21.c1ccc(-c2ccc(N(c3ccc(-c4ccccc4)cc3)c3ccc4c(c3)c3ccc5ccccc5c3n4-c3ccccc3)cc2)cc1. The standard InChI is InChI=1S/C49H36N2.C46H32N2.C45H34N2/c1-49(2)44-20-12-11-19-41(44)42-28-26-39(32-45(42)49)50(37-24-21-34(22-25-37)33-13-5-3-6-14-33)38-27-30-46-43(31-38)48-40-18-10-9-15-35(40)23-29-47(48)51(46)36-16-7-4-8-17-36;1-4-12-33(13-5-1)35-20-25-39(26-21-35)47(40-27-22-36(23-28-40)34-14-6-2-7-15-34)41-29-31-45-44(32-41)43-30-24-37-16-10-11-19-42(37)46(43)48(45)38-17-8-3-9-18-38;1-45(2)41-19-11-9-17-37(41)38-27-25-36(30-42(38)45)46(34-23-21-32(22-24-34)31-13-5-3-6-14-31)35-26-28-44-40(29-35)39-18-10-12-20-43(39)47(44)33-15-7-4-8-16-33/h3-32H,1-2H3;1-32H;3-30H,1-2H3. The van der Waals surface area contributed by atoms with E-state index in [0.29, 0.717) is 0 Å². The third-order valence-electron chi connectivity index (χ3n) is 30.3. The first-order chi connectivity index (χ1) is 71.9. The van der Waals surface area contributed by atoms with Crippen LogP contribution in [0.2, 0.25) is 0 Å². The summed E-state index contributed by atoms with van der Waals surface area (Å²) in [6, 6.07) is 198. The first-order valence-corrected chi connectivity index (χ1v) is 50.6. The summed E-state index contributed by atoms with van der Waals surface area (Å²) in [5.74, 6) is 0. The molecule has 28 rings (SSSR count). The predicted molar refractivity (Wildman–Crippen MR) is 618 cm³/mol. The van der Waals surface area contributed by atoms with Gasteiger partial charge in [0.15, 0.2) is 0 Å². The van der Waals surface area contributed by atoms with Crippen LogP contribution in [0.4, 0.5) is 51.2 Å². The zero-order valence-corrected chi connectivity index (χ0v) is 81.6. The fourth-order valence-electron chi connectivity index (χ4n) is 23.2. The molecule has 2 aliphatic carbocycles. The van der Waals surface area contributed by atoms with Crippen molar-refractivity contribution < 1.29 is 0 Å². The molecule has 0 saturated carbocycles. The van der Waals surface area contributed by atoms with E-state index in [9.17, 15) is 0 Å². The Hall–Kier alpha value is -18.6. The first-order valence-electron chi connectivity index (χ1n) is 50.6. The number of nitrogens with zero attached hydrogens (tertiary/aromatic N) is 6. The number of hydrogen-bond donors (Lipinski definition) is 0. The Morgan fingerprint density at radius 1 is 0.158 bits per heavy atom. The highest BCUT2D eigenvalue weighted by atomic mass is 15.2. The molecule has 0 bridgehead atoms. The summed E-state index contributed by atoms with van der Waals surface area (Å²) in [6.45, 7) is 9.42. The Labute approximate surface area is 851 Å². The molecule has 2 aliphatic rings. The highest BCUT2D eigenvalue weighted by Crippen LogP contribution is 2.55. The summed E-state index contributed by atoms with van der Waals surface area (Å²) in [4.78, 5) is 7.22. The lowest BCUT2D eigenvalue weighted by Gasteiger charge is -2.28. The van der Waals surface area contributed by atoms with Gasteiger partial charge in [-0.1, -0.05) is 398 Å². The number of aromatic nitrogens is 3. The number of hydrogen-bond acceptors (Lipinski definition) is 3. The van der Waals surface area contributed by atoms with Gasteiger partial charge in [-0.2, -0.15) is 0 Å². The van der Waals surface area contributed by atoms with Crippen molar-refractivity contribution in [2.24, 2.45) is 0 Å². The van der Waals surface area contributed by atoms with E-state index in [1.807, 2.05) is 0 Å². The van der Waals surface area contributed by atoms with Gasteiger partial charge in [0, 0.05) is 117 Å². The molecule has 0 amide bonds. The van der Waals surface area contributed by atoms with E-state index < -0.39 is 0 Å². The number of rotatable bonds is 16. The Balaban J connectivity index is 0.000000111. The summed E-state index contributed by atoms with van der Waals surface area (Å²) < 4.78 is 7.21. The molecule has 0 unspecified atom stereocenters. The Morgan fingerprint density at radius 2 is 0.425 bits per heavy atom. The maximum Gasteiger partial charge on any atom is 0.0619 e. The van der Waals surface area contributed by atoms with E-state index in [2.05, 4.69) is 602 Å². The lowest BCUT2D eigenvalue weighted by molar-refractivity contribution is 0.660. The van der Waals surface area contributed by atoms with Gasteiger partial charge in [-0.25, -0.2) is 0 Å². The average Bonchev–Trinajstić information content (AvgIpc) is 1.58. The van der Waals surface area contributed by atoms with E-state index >= 15 is 0 Å². The molecule has 0 saturated heterocycles. The van der Waals surface area contributed by atoms with Gasteiger partial charge in [0.2, 0.25) is 0 Å². The second-order valence-electron chi connectivity index (χ2n) is 39.5. The molecule has 3 aromatic heterocycles. The molecule has 0 N–H and O–H groups in total. The lowest BCUT2D eigenvalue weighted by atomic mass is 9.82. The molecule has 23 aromatic carbocycles. The van der Waals surface area contributed by atoms with Crippen LogP contribution >= 0.6 is 0 Å². The topological polar surface area (TPSA) is 24.5 Å². The van der Waals surface area contributed by atoms with E-state index in [-0.39, 0.29) is 10.8 Å². The Morgan fingerprint density at radius 3 is 0.856 bits per heavy atom. The summed E-state index contributed by atoms with van der Waals surface area (Å²) in [5.41, 5.74) is 41.2. The summed E-state index contributed by atoms with van der Waals surface area (Å²) in [5, 5.41) is 12.5. The van der Waals surface area contributed by atoms with Crippen LogP contribution in [-0.2, 0) is 10.8 Å². The van der Waals surface area contributed by atoms with Gasteiger partial charge in [0.1, 0.15) is 0 Å². The molecule has 6 nitrogen and oxygen atoms in total. The van der Waals surface area contributed by atoms with Crippen molar-refractivity contribution in [1.82, 2.24) is 13.7 Å². The van der Waals surface area contributed by atoms with Gasteiger partial charge in [0.25, 0.3) is 0 Å². The van der Waals surface area contributed by atoms with Crippen LogP contribution in [0.5, 0.6) is 0 Å². The first kappa shape index (κ1) is 87.6. The van der Waals surface area contributed by atoms with E-state index in [0.717, 1.165) is 62.6 Å². The highest BCUT2D eigenvalue weighted by molar-refractivity contribution is 6.23. The molecule has 26 aromatic rings. The number of fused-ring (bicyclic) bond motifs is 19. The van der Waals surface area contributed by atoms with Crippen molar-refractivity contribution in [1.29, 1.82) is 0 Å². The second-order valence-corrected chi connectivity index (χ2v) is 39.5. The van der Waals surface area contributed by atoms with Gasteiger partial charge in [-0.3, -0.25) is 0 Å². The second kappa shape index (κ2) is 36.5. The minimum absolute atomic E-state index is 0.0855. The Bertz CT molecular complexity index is 9340. The smallest absolute Gasteiger partial charge is 0.0619 e. The summed E-state index contributed by atoms with van der Waals surface area (Å²) >= 11 is 0. The zero-order valence-electron chi connectivity index (χ0n) is 81.6. The number of anilines is 9. The molecule has 0 aliphatic heterocycles. The van der Waals surface area contributed by atoms with Gasteiger partial charge in [-0.05, 0) is 281 Å². The van der Waals surface area contributed by atoms with Gasteiger partial charge >= 0.3 is 0 Å². The molecular weight excluding hydrogens is 1770 g/mol. The van der Waals surface area contributed by atoms with Crippen LogP contribution in [-0.4, -0.2) is 13.7 Å². The number of benzene rings is 23. The van der Waals surface area contributed by atoms with E-state index in [1.165, 1.54) is 182 Å². The van der Waals surface area contributed by atoms with Crippen molar-refractivity contribution in [2.75, 3.05) is 14.7 Å². The quantitative estimate of drug-likeness (QED) is 0.0964. The molecule has 0 radical (unpaired) electrons. The van der Waals surface area contributed by atoms with Crippen LogP contribution in [0.25, 0.3) is 171 Å². The van der Waals surface area contributed by atoms with Crippen LogP contribution in [0, 0.1) is 0 Å². The molecule has 0 spiro atoms. The van der Waals surface area contributed by atoms with Crippen LogP contribution in [0.3, 0.4) is 0 Å².